The molecule has 0 saturated carbocycles. The Balaban J connectivity index is 2.28. The molecular formula is C15H14ClFN2O3S. The molecule has 1 amide bonds. The van der Waals surface area contributed by atoms with Gasteiger partial charge in [0.15, 0.2) is 0 Å². The summed E-state index contributed by atoms with van der Waals surface area (Å²) >= 11 is 5.65. The van der Waals surface area contributed by atoms with E-state index in [0.29, 0.717) is 5.69 Å². The van der Waals surface area contributed by atoms with Crippen molar-refractivity contribution in [1.29, 1.82) is 0 Å². The normalized spacial score (nSPS) is 11.5. The quantitative estimate of drug-likeness (QED) is 0.915. The fraction of sp³-hybridized carbons (Fsp3) is 0.133. The Morgan fingerprint density at radius 3 is 2.48 bits per heavy atom. The van der Waals surface area contributed by atoms with E-state index in [-0.39, 0.29) is 15.5 Å². The molecule has 0 heterocycles. The lowest BCUT2D eigenvalue weighted by Gasteiger charge is -2.12. The van der Waals surface area contributed by atoms with Crippen LogP contribution in [0.25, 0.3) is 0 Å². The first kappa shape index (κ1) is 17.4. The van der Waals surface area contributed by atoms with Crippen LogP contribution in [0.2, 0.25) is 5.02 Å². The molecule has 2 rings (SSSR count). The van der Waals surface area contributed by atoms with Crippen LogP contribution in [0.5, 0.6) is 0 Å². The van der Waals surface area contributed by atoms with Gasteiger partial charge in [0.25, 0.3) is 5.91 Å². The molecule has 1 N–H and O–H groups in total. The Morgan fingerprint density at radius 1 is 1.17 bits per heavy atom. The molecule has 0 radical (unpaired) electrons. The fourth-order valence-corrected chi connectivity index (χ4v) is 2.91. The Morgan fingerprint density at radius 2 is 1.87 bits per heavy atom. The number of benzene rings is 2. The summed E-state index contributed by atoms with van der Waals surface area (Å²) in [6, 6.07) is 9.40. The highest BCUT2D eigenvalue weighted by Crippen LogP contribution is 2.21. The third-order valence-electron chi connectivity index (χ3n) is 3.05. The van der Waals surface area contributed by atoms with Crippen LogP contribution in [-0.2, 0) is 10.0 Å². The van der Waals surface area contributed by atoms with Crippen LogP contribution in [0.3, 0.4) is 0 Å². The van der Waals surface area contributed by atoms with Crippen molar-refractivity contribution in [3.05, 3.63) is 58.9 Å². The van der Waals surface area contributed by atoms with E-state index in [0.717, 1.165) is 10.4 Å². The maximum atomic E-state index is 13.1. The number of carbonyl (C=O) groups is 1. The molecule has 0 bridgehead atoms. The van der Waals surface area contributed by atoms with Crippen molar-refractivity contribution in [2.24, 2.45) is 0 Å². The fourth-order valence-electron chi connectivity index (χ4n) is 1.79. The minimum absolute atomic E-state index is 0.00675. The van der Waals surface area contributed by atoms with Gasteiger partial charge in [0.05, 0.1) is 9.92 Å². The van der Waals surface area contributed by atoms with E-state index in [2.05, 4.69) is 5.32 Å². The summed E-state index contributed by atoms with van der Waals surface area (Å²) in [4.78, 5) is 12.2. The molecule has 5 nitrogen and oxygen atoms in total. The summed E-state index contributed by atoms with van der Waals surface area (Å²) in [6.45, 7) is 0. The van der Waals surface area contributed by atoms with E-state index in [1.165, 1.54) is 50.5 Å². The maximum absolute atomic E-state index is 13.1. The number of amides is 1. The zero-order valence-electron chi connectivity index (χ0n) is 12.4. The Labute approximate surface area is 138 Å². The zero-order chi connectivity index (χ0) is 17.2. The van der Waals surface area contributed by atoms with Crippen molar-refractivity contribution >= 4 is 33.2 Å². The van der Waals surface area contributed by atoms with Crippen molar-refractivity contribution < 1.29 is 17.6 Å². The van der Waals surface area contributed by atoms with Gasteiger partial charge in [-0.15, -0.1) is 0 Å². The van der Waals surface area contributed by atoms with Crippen molar-refractivity contribution in [2.75, 3.05) is 19.4 Å². The minimum atomic E-state index is -3.64. The number of nitrogens with one attached hydrogen (secondary N) is 1. The largest absolute Gasteiger partial charge is 0.322 e. The van der Waals surface area contributed by atoms with E-state index < -0.39 is 21.7 Å². The summed E-state index contributed by atoms with van der Waals surface area (Å²) in [6.07, 6.45) is 0. The number of anilines is 1. The number of carbonyl (C=O) groups excluding carboxylic acids is 1. The van der Waals surface area contributed by atoms with Gasteiger partial charge in [-0.25, -0.2) is 17.1 Å². The summed E-state index contributed by atoms with van der Waals surface area (Å²) in [5, 5.41) is 2.42. The van der Waals surface area contributed by atoms with Gasteiger partial charge < -0.3 is 5.32 Å². The highest BCUT2D eigenvalue weighted by Gasteiger charge is 2.18. The number of sulfonamides is 1. The van der Waals surface area contributed by atoms with Crippen LogP contribution in [0, 0.1) is 5.82 Å². The lowest BCUT2D eigenvalue weighted by Crippen LogP contribution is -2.22. The topological polar surface area (TPSA) is 66.5 Å². The van der Waals surface area contributed by atoms with Gasteiger partial charge in [0.1, 0.15) is 5.82 Å². The maximum Gasteiger partial charge on any atom is 0.255 e. The molecule has 0 aliphatic rings. The molecule has 8 heteroatoms. The van der Waals surface area contributed by atoms with Crippen LogP contribution in [0.4, 0.5) is 10.1 Å². The average Bonchev–Trinajstić information content (AvgIpc) is 2.51. The number of nitrogens with zero attached hydrogens (tertiary/aromatic N) is 1. The first-order valence-corrected chi connectivity index (χ1v) is 8.32. The Kier molecular flexibility index (Phi) is 5.03. The molecule has 0 saturated heterocycles. The summed E-state index contributed by atoms with van der Waals surface area (Å²) in [5.41, 5.74) is 0.468. The molecule has 0 aromatic heterocycles. The summed E-state index contributed by atoms with van der Waals surface area (Å²) < 4.78 is 38.3. The highest BCUT2D eigenvalue weighted by molar-refractivity contribution is 7.89. The molecule has 122 valence electrons. The molecule has 0 unspecified atom stereocenters. The summed E-state index contributed by atoms with van der Waals surface area (Å²) in [5.74, 6) is -1.12. The molecule has 0 aliphatic heterocycles. The first-order valence-electron chi connectivity index (χ1n) is 6.51. The van der Waals surface area contributed by atoms with Gasteiger partial charge in [-0.1, -0.05) is 17.7 Å². The van der Waals surface area contributed by atoms with Crippen molar-refractivity contribution in [2.45, 2.75) is 4.90 Å². The highest BCUT2D eigenvalue weighted by atomic mass is 35.5. The van der Waals surface area contributed by atoms with Crippen molar-refractivity contribution in [3.63, 3.8) is 0 Å². The zero-order valence-corrected chi connectivity index (χ0v) is 14.0. The predicted octanol–water partition coefficient (Wildman–Crippen LogP) is 2.98. The van der Waals surface area contributed by atoms with Crippen LogP contribution in [0.1, 0.15) is 10.4 Å². The molecular weight excluding hydrogens is 343 g/mol. The molecule has 0 spiro atoms. The molecule has 2 aromatic carbocycles. The molecule has 0 fully saturated rings. The Hall–Kier alpha value is -1.96. The van der Waals surface area contributed by atoms with Gasteiger partial charge in [-0.05, 0) is 36.4 Å². The molecule has 0 aliphatic carbocycles. The van der Waals surface area contributed by atoms with Gasteiger partial charge in [0, 0.05) is 25.3 Å². The van der Waals surface area contributed by atoms with Gasteiger partial charge in [0.2, 0.25) is 10.0 Å². The second kappa shape index (κ2) is 6.66. The van der Waals surface area contributed by atoms with Gasteiger partial charge in [-0.3, -0.25) is 4.79 Å². The SMILES string of the molecule is CN(C)S(=O)(=O)c1cccc(C(=O)Nc2ccc(F)c(Cl)c2)c1. The lowest BCUT2D eigenvalue weighted by atomic mass is 10.2. The minimum Gasteiger partial charge on any atom is -0.322 e. The van der Waals surface area contributed by atoms with Gasteiger partial charge in [-0.2, -0.15) is 0 Å². The smallest absolute Gasteiger partial charge is 0.255 e. The van der Waals surface area contributed by atoms with E-state index >= 15 is 0 Å². The van der Waals surface area contributed by atoms with Crippen molar-refractivity contribution in [1.82, 2.24) is 4.31 Å². The summed E-state index contributed by atoms with van der Waals surface area (Å²) in [7, 11) is -0.825. The van der Waals surface area contributed by atoms with Crippen LogP contribution < -0.4 is 5.32 Å². The monoisotopic (exact) mass is 356 g/mol. The first-order chi connectivity index (χ1) is 10.7. The van der Waals surface area contributed by atoms with Crippen molar-refractivity contribution in [3.8, 4) is 0 Å². The van der Waals surface area contributed by atoms with Crippen LogP contribution in [0.15, 0.2) is 47.4 Å². The van der Waals surface area contributed by atoms with E-state index in [9.17, 15) is 17.6 Å². The number of rotatable bonds is 4. The standard InChI is InChI=1S/C15H14ClFN2O3S/c1-19(2)23(21,22)12-5-3-4-10(8-12)15(20)18-11-6-7-14(17)13(16)9-11/h3-9H,1-2H3,(H,18,20). The molecule has 23 heavy (non-hydrogen) atoms. The van der Waals surface area contributed by atoms with E-state index in [4.69, 9.17) is 11.6 Å². The second-order valence-electron chi connectivity index (χ2n) is 4.90. The third-order valence-corrected chi connectivity index (χ3v) is 5.15. The van der Waals surface area contributed by atoms with Gasteiger partial charge >= 0.3 is 0 Å². The van der Waals surface area contributed by atoms with Crippen LogP contribution >= 0.6 is 11.6 Å². The average molecular weight is 357 g/mol. The van der Waals surface area contributed by atoms with Crippen LogP contribution in [-0.4, -0.2) is 32.7 Å². The second-order valence-corrected chi connectivity index (χ2v) is 7.46. The predicted molar refractivity (Wildman–Crippen MR) is 86.7 cm³/mol. The van der Waals surface area contributed by atoms with E-state index in [1.54, 1.807) is 0 Å². The number of halogens is 2. The molecule has 0 atom stereocenters. The Bertz CT molecular complexity index is 854. The van der Waals surface area contributed by atoms with E-state index in [1.807, 2.05) is 0 Å². The third kappa shape index (κ3) is 3.87. The molecule has 2 aromatic rings. The lowest BCUT2D eigenvalue weighted by molar-refractivity contribution is 0.102. The number of hydrogen-bond donors (Lipinski definition) is 1. The number of hydrogen-bond acceptors (Lipinski definition) is 3.